The van der Waals surface area contributed by atoms with Gasteiger partial charge in [-0.25, -0.2) is 0 Å². The summed E-state index contributed by atoms with van der Waals surface area (Å²) in [6.07, 6.45) is 7.51. The maximum Gasteiger partial charge on any atom is 0.225 e. The van der Waals surface area contributed by atoms with Crippen molar-refractivity contribution in [2.75, 3.05) is 13.1 Å². The largest absolute Gasteiger partial charge is 0.390 e. The van der Waals surface area contributed by atoms with Gasteiger partial charge in [0.15, 0.2) is 0 Å². The number of carbonyl (C=O) groups excluding carboxylic acids is 1. The fourth-order valence-electron chi connectivity index (χ4n) is 5.41. The van der Waals surface area contributed by atoms with Crippen molar-refractivity contribution >= 4 is 5.91 Å². The van der Waals surface area contributed by atoms with E-state index in [1.54, 1.807) is 0 Å². The van der Waals surface area contributed by atoms with E-state index in [2.05, 4.69) is 36.1 Å². The molecule has 0 bridgehead atoms. The van der Waals surface area contributed by atoms with E-state index in [1.165, 1.54) is 43.2 Å². The fourth-order valence-corrected chi connectivity index (χ4v) is 5.41. The van der Waals surface area contributed by atoms with Gasteiger partial charge in [0.2, 0.25) is 5.91 Å². The van der Waals surface area contributed by atoms with Gasteiger partial charge < -0.3 is 10.0 Å². The molecule has 0 unspecified atom stereocenters. The number of piperidine rings is 1. The predicted molar refractivity (Wildman–Crippen MR) is 99.2 cm³/mol. The lowest BCUT2D eigenvalue weighted by atomic mass is 9.56. The highest BCUT2D eigenvalue weighted by molar-refractivity contribution is 5.80. The minimum atomic E-state index is -0.603. The van der Waals surface area contributed by atoms with E-state index >= 15 is 0 Å². The maximum atomic E-state index is 12.5. The van der Waals surface area contributed by atoms with E-state index in [4.69, 9.17) is 0 Å². The molecular weight excluding hydrogens is 310 g/mol. The van der Waals surface area contributed by atoms with Gasteiger partial charge in [-0.05, 0) is 75.7 Å². The summed E-state index contributed by atoms with van der Waals surface area (Å²) in [4.78, 5) is 14.6. The van der Waals surface area contributed by atoms with E-state index in [0.29, 0.717) is 18.3 Å². The van der Waals surface area contributed by atoms with Crippen LogP contribution in [0.1, 0.15) is 56.6 Å². The lowest BCUT2D eigenvalue weighted by Gasteiger charge is -2.53. The summed E-state index contributed by atoms with van der Waals surface area (Å²) < 4.78 is 0. The van der Waals surface area contributed by atoms with Crippen LogP contribution in [-0.4, -0.2) is 34.6 Å². The summed E-state index contributed by atoms with van der Waals surface area (Å²) in [7, 11) is 0. The average Bonchev–Trinajstić information content (AvgIpc) is 2.53. The zero-order valence-corrected chi connectivity index (χ0v) is 15.6. The van der Waals surface area contributed by atoms with Crippen LogP contribution in [0.5, 0.6) is 0 Å². The third-order valence-corrected chi connectivity index (χ3v) is 6.95. The maximum absolute atomic E-state index is 12.5. The van der Waals surface area contributed by atoms with Crippen LogP contribution < -0.4 is 0 Å². The summed E-state index contributed by atoms with van der Waals surface area (Å²) in [5, 5.41) is 9.86. The van der Waals surface area contributed by atoms with Crippen LogP contribution in [0.15, 0.2) is 24.3 Å². The highest BCUT2D eigenvalue weighted by Crippen LogP contribution is 2.53. The molecule has 0 aromatic heterocycles. The zero-order valence-electron chi connectivity index (χ0n) is 15.6. The molecular formula is C22H31NO2. The smallest absolute Gasteiger partial charge is 0.225 e. The van der Waals surface area contributed by atoms with Crippen molar-refractivity contribution in [2.24, 2.45) is 17.3 Å². The van der Waals surface area contributed by atoms with Gasteiger partial charge in [0.25, 0.3) is 0 Å². The van der Waals surface area contributed by atoms with Crippen LogP contribution in [-0.2, 0) is 11.2 Å². The minimum Gasteiger partial charge on any atom is -0.390 e. The number of hydrogen-bond acceptors (Lipinski definition) is 2. The average molecular weight is 341 g/mol. The lowest BCUT2D eigenvalue weighted by molar-refractivity contribution is -0.153. The standard InChI is InChI=1S/C22H31NO2/c1-16-3-5-17(6-4-16)11-18-12-22(13-18)7-9-23(10-8-22)20(24)19-14-21(2,25)15-19/h3-6,18-19,25H,7-15H2,1-2H3/t19-,21+. The zero-order chi connectivity index (χ0) is 17.7. The third-order valence-electron chi connectivity index (χ3n) is 6.95. The Morgan fingerprint density at radius 2 is 1.72 bits per heavy atom. The second-order valence-electron chi connectivity index (χ2n) is 9.39. The van der Waals surface area contributed by atoms with Crippen molar-refractivity contribution in [1.82, 2.24) is 4.90 Å². The Kier molecular flexibility index (Phi) is 4.18. The molecule has 1 heterocycles. The number of rotatable bonds is 3. The van der Waals surface area contributed by atoms with Crippen molar-refractivity contribution in [2.45, 2.75) is 64.4 Å². The van der Waals surface area contributed by atoms with Gasteiger partial charge in [0.1, 0.15) is 0 Å². The fraction of sp³-hybridized carbons (Fsp3) is 0.682. The predicted octanol–water partition coefficient (Wildman–Crippen LogP) is 3.72. The first-order valence-electron chi connectivity index (χ1n) is 9.91. The molecule has 2 saturated carbocycles. The molecule has 1 spiro atoms. The molecule has 3 aliphatic rings. The minimum absolute atomic E-state index is 0.0692. The number of amides is 1. The molecule has 3 fully saturated rings. The topological polar surface area (TPSA) is 40.5 Å². The van der Waals surface area contributed by atoms with Crippen LogP contribution in [0.3, 0.4) is 0 Å². The Labute approximate surface area is 151 Å². The summed E-state index contributed by atoms with van der Waals surface area (Å²) >= 11 is 0. The normalized spacial score (nSPS) is 31.5. The monoisotopic (exact) mass is 341 g/mol. The Bertz CT molecular complexity index is 624. The van der Waals surface area contributed by atoms with Crippen molar-refractivity contribution in [3.05, 3.63) is 35.4 Å². The number of carbonyl (C=O) groups is 1. The summed E-state index contributed by atoms with van der Waals surface area (Å²) in [5.41, 5.74) is 2.71. The second-order valence-corrected chi connectivity index (χ2v) is 9.39. The Morgan fingerprint density at radius 3 is 2.28 bits per heavy atom. The van der Waals surface area contributed by atoms with Gasteiger partial charge in [0, 0.05) is 19.0 Å². The molecule has 4 rings (SSSR count). The van der Waals surface area contributed by atoms with Gasteiger partial charge >= 0.3 is 0 Å². The van der Waals surface area contributed by atoms with Gasteiger partial charge in [-0.3, -0.25) is 4.79 Å². The number of benzene rings is 1. The third kappa shape index (κ3) is 3.48. The van der Waals surface area contributed by atoms with E-state index in [9.17, 15) is 9.90 Å². The molecule has 1 saturated heterocycles. The molecule has 1 aromatic carbocycles. The molecule has 3 nitrogen and oxygen atoms in total. The quantitative estimate of drug-likeness (QED) is 0.910. The summed E-state index contributed by atoms with van der Waals surface area (Å²) in [5.74, 6) is 1.18. The number of nitrogens with zero attached hydrogens (tertiary/aromatic N) is 1. The van der Waals surface area contributed by atoms with E-state index in [0.717, 1.165) is 19.0 Å². The Balaban J connectivity index is 1.23. The van der Waals surface area contributed by atoms with Crippen LogP contribution in [0.25, 0.3) is 0 Å². The van der Waals surface area contributed by atoms with Crippen molar-refractivity contribution in [3.8, 4) is 0 Å². The second kappa shape index (κ2) is 6.12. The van der Waals surface area contributed by atoms with Crippen LogP contribution in [0, 0.1) is 24.2 Å². The van der Waals surface area contributed by atoms with E-state index in [-0.39, 0.29) is 11.8 Å². The highest BCUT2D eigenvalue weighted by Gasteiger charge is 2.48. The summed E-state index contributed by atoms with van der Waals surface area (Å²) in [6.45, 7) is 5.83. The van der Waals surface area contributed by atoms with Crippen LogP contribution in [0.2, 0.25) is 0 Å². The van der Waals surface area contributed by atoms with Crippen molar-refractivity contribution < 1.29 is 9.90 Å². The molecule has 3 heteroatoms. The molecule has 1 aromatic rings. The van der Waals surface area contributed by atoms with Crippen LogP contribution >= 0.6 is 0 Å². The Hall–Kier alpha value is -1.35. The molecule has 0 atom stereocenters. The van der Waals surface area contributed by atoms with Gasteiger partial charge in [0.05, 0.1) is 5.60 Å². The van der Waals surface area contributed by atoms with Crippen molar-refractivity contribution in [3.63, 3.8) is 0 Å². The number of aryl methyl sites for hydroxylation is 1. The first-order valence-corrected chi connectivity index (χ1v) is 9.91. The molecule has 1 amide bonds. The van der Waals surface area contributed by atoms with E-state index in [1.807, 2.05) is 6.92 Å². The Morgan fingerprint density at radius 1 is 1.12 bits per heavy atom. The van der Waals surface area contributed by atoms with E-state index < -0.39 is 5.60 Å². The first kappa shape index (κ1) is 17.1. The molecule has 136 valence electrons. The highest BCUT2D eigenvalue weighted by atomic mass is 16.3. The molecule has 1 aliphatic heterocycles. The number of hydrogen-bond donors (Lipinski definition) is 1. The summed E-state index contributed by atoms with van der Waals surface area (Å²) in [6, 6.07) is 8.97. The van der Waals surface area contributed by atoms with Gasteiger partial charge in [-0.2, -0.15) is 0 Å². The number of aliphatic hydroxyl groups is 1. The first-order chi connectivity index (χ1) is 11.8. The molecule has 0 radical (unpaired) electrons. The lowest BCUT2D eigenvalue weighted by Crippen LogP contribution is -2.54. The molecule has 2 aliphatic carbocycles. The van der Waals surface area contributed by atoms with Crippen molar-refractivity contribution in [1.29, 1.82) is 0 Å². The van der Waals surface area contributed by atoms with Gasteiger partial charge in [-0.1, -0.05) is 29.8 Å². The van der Waals surface area contributed by atoms with Gasteiger partial charge in [-0.15, -0.1) is 0 Å². The molecule has 25 heavy (non-hydrogen) atoms. The number of likely N-dealkylation sites (tertiary alicyclic amines) is 1. The molecule has 1 N–H and O–H groups in total. The van der Waals surface area contributed by atoms with Crippen LogP contribution in [0.4, 0.5) is 0 Å². The SMILES string of the molecule is Cc1ccc(CC2CC3(CCN(C(=O)[C@H]4C[C@@](C)(O)C4)CC3)C2)cc1.